The van der Waals surface area contributed by atoms with Crippen LogP contribution in [0.1, 0.15) is 5.82 Å². The third-order valence-corrected chi connectivity index (χ3v) is 2.14. The van der Waals surface area contributed by atoms with Gasteiger partial charge in [-0.2, -0.15) is 0 Å². The number of aromatic nitrogens is 3. The fourth-order valence-corrected chi connectivity index (χ4v) is 1.34. The van der Waals surface area contributed by atoms with Crippen LogP contribution in [0.25, 0.3) is 11.4 Å². The molecule has 1 aromatic heterocycles. The molecule has 4 heteroatoms. The molecule has 0 aliphatic rings. The number of hydrogen-bond acceptors (Lipinski definition) is 3. The first kappa shape index (κ1) is 8.90. The van der Waals surface area contributed by atoms with E-state index in [0.717, 1.165) is 11.4 Å². The van der Waals surface area contributed by atoms with Crippen molar-refractivity contribution in [1.29, 1.82) is 0 Å². The van der Waals surface area contributed by atoms with E-state index in [4.69, 9.17) is 5.11 Å². The zero-order chi connectivity index (χ0) is 9.97. The molecule has 1 aromatic carbocycles. The topological polar surface area (TPSA) is 50.9 Å². The first-order valence-corrected chi connectivity index (χ1v) is 4.37. The van der Waals surface area contributed by atoms with Gasteiger partial charge in [0.1, 0.15) is 6.61 Å². The predicted octanol–water partition coefficient (Wildman–Crippen LogP) is 0.974. The molecule has 2 aromatic rings. The Labute approximate surface area is 81.8 Å². The van der Waals surface area contributed by atoms with Crippen LogP contribution in [0.3, 0.4) is 0 Å². The molecule has 0 amide bonds. The van der Waals surface area contributed by atoms with E-state index in [9.17, 15) is 0 Å². The number of benzene rings is 1. The van der Waals surface area contributed by atoms with Crippen molar-refractivity contribution in [2.75, 3.05) is 0 Å². The molecule has 72 valence electrons. The van der Waals surface area contributed by atoms with Crippen LogP contribution in [0, 0.1) is 0 Å². The molecular formula is C10H11N3O. The molecule has 0 atom stereocenters. The van der Waals surface area contributed by atoms with Gasteiger partial charge in [-0.05, 0) is 0 Å². The average molecular weight is 189 g/mol. The zero-order valence-electron chi connectivity index (χ0n) is 7.88. The van der Waals surface area contributed by atoms with Gasteiger partial charge in [0, 0.05) is 12.6 Å². The van der Waals surface area contributed by atoms with Gasteiger partial charge in [-0.1, -0.05) is 30.3 Å². The first-order chi connectivity index (χ1) is 6.83. The molecule has 14 heavy (non-hydrogen) atoms. The van der Waals surface area contributed by atoms with Gasteiger partial charge in [-0.25, -0.2) is 0 Å². The lowest BCUT2D eigenvalue weighted by Gasteiger charge is -2.01. The summed E-state index contributed by atoms with van der Waals surface area (Å²) in [5.41, 5.74) is 1.00. The second-order valence-corrected chi connectivity index (χ2v) is 3.02. The van der Waals surface area contributed by atoms with Crippen molar-refractivity contribution in [3.05, 3.63) is 36.2 Å². The minimum atomic E-state index is -0.0870. The third-order valence-electron chi connectivity index (χ3n) is 2.14. The van der Waals surface area contributed by atoms with Crippen molar-refractivity contribution in [2.24, 2.45) is 7.05 Å². The Bertz CT molecular complexity index is 422. The van der Waals surface area contributed by atoms with E-state index < -0.39 is 0 Å². The van der Waals surface area contributed by atoms with Gasteiger partial charge in [0.05, 0.1) is 0 Å². The normalized spacial score (nSPS) is 10.4. The van der Waals surface area contributed by atoms with Gasteiger partial charge >= 0.3 is 0 Å². The van der Waals surface area contributed by atoms with Gasteiger partial charge in [-0.15, -0.1) is 10.2 Å². The Morgan fingerprint density at radius 3 is 2.50 bits per heavy atom. The van der Waals surface area contributed by atoms with Gasteiger partial charge in [0.25, 0.3) is 0 Å². The number of nitrogens with zero attached hydrogens (tertiary/aromatic N) is 3. The van der Waals surface area contributed by atoms with Crippen LogP contribution in [0.5, 0.6) is 0 Å². The molecule has 1 N–H and O–H groups in total. The Hall–Kier alpha value is -1.68. The summed E-state index contributed by atoms with van der Waals surface area (Å²) in [5.74, 6) is 1.35. The molecule has 0 spiro atoms. The minimum Gasteiger partial charge on any atom is -0.388 e. The maximum atomic E-state index is 8.96. The lowest BCUT2D eigenvalue weighted by molar-refractivity contribution is 0.267. The molecule has 0 saturated carbocycles. The molecule has 0 unspecified atom stereocenters. The Kier molecular flexibility index (Phi) is 2.28. The molecule has 0 saturated heterocycles. The summed E-state index contributed by atoms with van der Waals surface area (Å²) in [5, 5.41) is 16.8. The molecule has 0 fully saturated rings. The van der Waals surface area contributed by atoms with Gasteiger partial charge < -0.3 is 9.67 Å². The molecule has 4 nitrogen and oxygen atoms in total. The van der Waals surface area contributed by atoms with E-state index in [1.54, 1.807) is 4.57 Å². The Morgan fingerprint density at radius 1 is 1.21 bits per heavy atom. The van der Waals surface area contributed by atoms with Crippen molar-refractivity contribution < 1.29 is 5.11 Å². The fraction of sp³-hybridized carbons (Fsp3) is 0.200. The van der Waals surface area contributed by atoms with Crippen molar-refractivity contribution in [2.45, 2.75) is 6.61 Å². The Morgan fingerprint density at radius 2 is 1.93 bits per heavy atom. The second kappa shape index (κ2) is 3.59. The highest BCUT2D eigenvalue weighted by Crippen LogP contribution is 2.15. The number of hydrogen-bond donors (Lipinski definition) is 1. The summed E-state index contributed by atoms with van der Waals surface area (Å²) in [6, 6.07) is 9.77. The van der Waals surface area contributed by atoms with E-state index in [1.807, 2.05) is 37.4 Å². The van der Waals surface area contributed by atoms with Gasteiger partial charge in [-0.3, -0.25) is 0 Å². The molecular weight excluding hydrogens is 178 g/mol. The fourth-order valence-electron chi connectivity index (χ4n) is 1.34. The van der Waals surface area contributed by atoms with E-state index >= 15 is 0 Å². The summed E-state index contributed by atoms with van der Waals surface area (Å²) < 4.78 is 1.79. The predicted molar refractivity (Wildman–Crippen MR) is 52.4 cm³/mol. The van der Waals surface area contributed by atoms with E-state index in [-0.39, 0.29) is 6.61 Å². The van der Waals surface area contributed by atoms with Crippen LogP contribution in [-0.4, -0.2) is 19.9 Å². The van der Waals surface area contributed by atoms with Gasteiger partial charge in [0.2, 0.25) is 0 Å². The molecule has 0 bridgehead atoms. The van der Waals surface area contributed by atoms with Crippen LogP contribution >= 0.6 is 0 Å². The van der Waals surface area contributed by atoms with Crippen molar-refractivity contribution >= 4 is 0 Å². The monoisotopic (exact) mass is 189 g/mol. The largest absolute Gasteiger partial charge is 0.388 e. The van der Waals surface area contributed by atoms with Crippen molar-refractivity contribution in [3.63, 3.8) is 0 Å². The van der Waals surface area contributed by atoms with Crippen LogP contribution in [0.15, 0.2) is 30.3 Å². The summed E-state index contributed by atoms with van der Waals surface area (Å²) >= 11 is 0. The quantitative estimate of drug-likeness (QED) is 0.766. The van der Waals surface area contributed by atoms with Crippen LogP contribution in [0.4, 0.5) is 0 Å². The van der Waals surface area contributed by atoms with Crippen LogP contribution in [-0.2, 0) is 13.7 Å². The maximum Gasteiger partial charge on any atom is 0.163 e. The van der Waals surface area contributed by atoms with Crippen LogP contribution < -0.4 is 0 Å². The molecule has 0 aliphatic carbocycles. The lowest BCUT2D eigenvalue weighted by Crippen LogP contribution is -1.98. The highest BCUT2D eigenvalue weighted by Gasteiger charge is 2.08. The standard InChI is InChI=1S/C10H11N3O/c1-13-9(7-14)11-12-10(13)8-5-3-2-4-6-8/h2-6,14H,7H2,1H3. The second-order valence-electron chi connectivity index (χ2n) is 3.02. The molecule has 2 rings (SSSR count). The highest BCUT2D eigenvalue weighted by atomic mass is 16.3. The summed E-state index contributed by atoms with van der Waals surface area (Å²) in [7, 11) is 1.84. The summed E-state index contributed by atoms with van der Waals surface area (Å²) in [6.07, 6.45) is 0. The van der Waals surface area contributed by atoms with E-state index in [1.165, 1.54) is 0 Å². The Balaban J connectivity index is 2.48. The minimum absolute atomic E-state index is 0.0870. The average Bonchev–Trinajstić information content (AvgIpc) is 2.61. The smallest absolute Gasteiger partial charge is 0.163 e. The summed E-state index contributed by atoms with van der Waals surface area (Å²) in [6.45, 7) is -0.0870. The third kappa shape index (κ3) is 1.40. The number of rotatable bonds is 2. The lowest BCUT2D eigenvalue weighted by atomic mass is 10.2. The van der Waals surface area contributed by atoms with E-state index in [0.29, 0.717) is 5.82 Å². The molecule has 0 aliphatic heterocycles. The van der Waals surface area contributed by atoms with Crippen molar-refractivity contribution in [3.8, 4) is 11.4 Å². The highest BCUT2D eigenvalue weighted by molar-refractivity contribution is 5.54. The van der Waals surface area contributed by atoms with Gasteiger partial charge in [0.15, 0.2) is 11.6 Å². The SMILES string of the molecule is Cn1c(CO)nnc1-c1ccccc1. The zero-order valence-corrected chi connectivity index (χ0v) is 7.88. The first-order valence-electron chi connectivity index (χ1n) is 4.37. The van der Waals surface area contributed by atoms with Crippen LogP contribution in [0.2, 0.25) is 0 Å². The molecule has 1 heterocycles. The summed E-state index contributed by atoms with van der Waals surface area (Å²) in [4.78, 5) is 0. The number of aliphatic hydroxyl groups is 1. The van der Waals surface area contributed by atoms with Crippen molar-refractivity contribution in [1.82, 2.24) is 14.8 Å². The number of aliphatic hydroxyl groups excluding tert-OH is 1. The van der Waals surface area contributed by atoms with E-state index in [2.05, 4.69) is 10.2 Å². The molecule has 0 radical (unpaired) electrons. The maximum absolute atomic E-state index is 8.96.